The van der Waals surface area contributed by atoms with Gasteiger partial charge in [-0.2, -0.15) is 11.8 Å². The number of aliphatic hydroxyl groups is 2. The van der Waals surface area contributed by atoms with Crippen LogP contribution in [0.15, 0.2) is 54.6 Å². The van der Waals surface area contributed by atoms with Crippen molar-refractivity contribution in [2.45, 2.75) is 95.5 Å². The number of amides is 1. The zero-order valence-electron chi connectivity index (χ0n) is 24.1. The number of hydrogen-bond acceptors (Lipinski definition) is 7. The van der Waals surface area contributed by atoms with Crippen molar-refractivity contribution < 1.29 is 29.3 Å². The number of unbranched alkanes of at least 4 members (excludes halogenated alkanes) is 5. The molecule has 3 atom stereocenters. The molecule has 0 aliphatic heterocycles. The normalized spacial score (nSPS) is 17.5. The van der Waals surface area contributed by atoms with E-state index < -0.39 is 6.29 Å². The van der Waals surface area contributed by atoms with Gasteiger partial charge in [-0.3, -0.25) is 14.4 Å². The van der Waals surface area contributed by atoms with Gasteiger partial charge in [0, 0.05) is 46.9 Å². The third-order valence-corrected chi connectivity index (χ3v) is 9.30. The molecule has 0 radical (unpaired) electrons. The van der Waals surface area contributed by atoms with Crippen LogP contribution < -0.4 is 10.1 Å². The molecule has 1 aliphatic carbocycles. The van der Waals surface area contributed by atoms with E-state index in [0.717, 1.165) is 64.2 Å². The summed E-state index contributed by atoms with van der Waals surface area (Å²) < 4.78 is 5.43. The summed E-state index contributed by atoms with van der Waals surface area (Å²) in [5.74, 6) is 0.894. The maximum absolute atomic E-state index is 12.5. The number of ether oxygens (including phenoxy) is 1. The Balaban J connectivity index is 1.30. The summed E-state index contributed by atoms with van der Waals surface area (Å²) in [5.41, 5.74) is 1.19. The number of carbonyl (C=O) groups excluding carboxylic acids is 3. The number of ketones is 1. The molecular formula is C33H45NO6S. The fourth-order valence-corrected chi connectivity index (χ4v) is 6.85. The van der Waals surface area contributed by atoms with E-state index in [-0.39, 0.29) is 29.0 Å². The number of esters is 1. The van der Waals surface area contributed by atoms with Gasteiger partial charge in [-0.05, 0) is 62.1 Å². The van der Waals surface area contributed by atoms with Crippen molar-refractivity contribution in [1.82, 2.24) is 0 Å². The Morgan fingerprint density at radius 2 is 1.71 bits per heavy atom. The van der Waals surface area contributed by atoms with E-state index in [1.54, 1.807) is 48.2 Å². The number of anilines is 1. The second-order valence-electron chi connectivity index (χ2n) is 10.9. The van der Waals surface area contributed by atoms with E-state index in [4.69, 9.17) is 4.74 Å². The van der Waals surface area contributed by atoms with Crippen molar-refractivity contribution in [2.75, 3.05) is 11.1 Å². The Kier molecular flexibility index (Phi) is 14.4. The summed E-state index contributed by atoms with van der Waals surface area (Å²) >= 11 is 1.74. The maximum atomic E-state index is 12.5. The van der Waals surface area contributed by atoms with Gasteiger partial charge >= 0.3 is 5.97 Å². The fourth-order valence-electron chi connectivity index (χ4n) is 5.22. The quantitative estimate of drug-likeness (QED) is 0.0768. The van der Waals surface area contributed by atoms with E-state index in [2.05, 4.69) is 12.2 Å². The van der Waals surface area contributed by atoms with Crippen molar-refractivity contribution in [3.63, 3.8) is 0 Å². The Morgan fingerprint density at radius 1 is 0.976 bits per heavy atom. The topological polar surface area (TPSA) is 113 Å². The summed E-state index contributed by atoms with van der Waals surface area (Å²) in [4.78, 5) is 37.0. The lowest BCUT2D eigenvalue weighted by molar-refractivity contribution is -0.134. The Hall–Kier alpha value is -2.68. The summed E-state index contributed by atoms with van der Waals surface area (Å²) in [6.45, 7) is 2.14. The van der Waals surface area contributed by atoms with Crippen molar-refractivity contribution in [3.05, 3.63) is 60.2 Å². The second-order valence-corrected chi connectivity index (χ2v) is 12.2. The molecule has 0 saturated heterocycles. The number of benzene rings is 2. The van der Waals surface area contributed by atoms with Crippen LogP contribution in [0.4, 0.5) is 5.69 Å². The molecule has 1 saturated carbocycles. The minimum atomic E-state index is -1.30. The highest BCUT2D eigenvalue weighted by Gasteiger charge is 2.35. The van der Waals surface area contributed by atoms with Crippen LogP contribution in [0.3, 0.4) is 0 Å². The molecule has 3 rings (SSSR count). The van der Waals surface area contributed by atoms with Gasteiger partial charge in [0.25, 0.3) is 5.91 Å². The number of Topliss-reactive ketones (excluding diaryl/α,β-unsaturated/α-hetero) is 1. The molecule has 41 heavy (non-hydrogen) atoms. The first-order chi connectivity index (χ1) is 19.9. The number of rotatable bonds is 18. The fraction of sp³-hybridized carbons (Fsp3) is 0.545. The standard InChI is InChI=1S/C33H45NO6S/c1-2-3-7-14-25(33(38)39)23-41-30-22-21-29(35)28(30)15-10-4-5-11-16-31(36)40-27-19-17-26(18-20-27)34-32(37)24-12-8-6-9-13-24/h6,8-9,12-13,17-20,25,28,30,33,38-39H,2-5,7,10-11,14-16,21-23H2,1H3,(H,34,37)/t25?,28-,30-/m0/s1. The van der Waals surface area contributed by atoms with Gasteiger partial charge in [0.05, 0.1) is 0 Å². The van der Waals surface area contributed by atoms with E-state index in [9.17, 15) is 24.6 Å². The van der Waals surface area contributed by atoms with Crippen LogP contribution in [0.1, 0.15) is 94.3 Å². The van der Waals surface area contributed by atoms with Crippen molar-refractivity contribution in [1.29, 1.82) is 0 Å². The SMILES string of the molecule is CCCCCC(CS[C@H]1CCC(=O)[C@@H]1CCCCCCC(=O)Oc1ccc(NC(=O)c2ccccc2)cc1)C(O)O. The molecule has 2 aromatic carbocycles. The van der Waals surface area contributed by atoms with Crippen molar-refractivity contribution in [2.24, 2.45) is 11.8 Å². The molecule has 0 spiro atoms. The van der Waals surface area contributed by atoms with E-state index in [0.29, 0.717) is 41.4 Å². The van der Waals surface area contributed by atoms with E-state index >= 15 is 0 Å². The van der Waals surface area contributed by atoms with Crippen LogP contribution in [-0.2, 0) is 9.59 Å². The molecule has 224 valence electrons. The highest BCUT2D eigenvalue weighted by atomic mass is 32.2. The minimum Gasteiger partial charge on any atom is -0.427 e. The lowest BCUT2D eigenvalue weighted by Gasteiger charge is -2.23. The molecular weight excluding hydrogens is 538 g/mol. The minimum absolute atomic E-state index is 0.0533. The van der Waals surface area contributed by atoms with E-state index in [1.807, 2.05) is 18.2 Å². The van der Waals surface area contributed by atoms with Crippen LogP contribution in [0.5, 0.6) is 5.75 Å². The monoisotopic (exact) mass is 583 g/mol. The molecule has 3 N–H and O–H groups in total. The van der Waals surface area contributed by atoms with Gasteiger partial charge < -0.3 is 20.3 Å². The number of thioether (sulfide) groups is 1. The zero-order valence-corrected chi connectivity index (χ0v) is 25.0. The lowest BCUT2D eigenvalue weighted by Crippen LogP contribution is -2.24. The Morgan fingerprint density at radius 3 is 2.41 bits per heavy atom. The van der Waals surface area contributed by atoms with Crippen molar-refractivity contribution >= 4 is 35.1 Å². The molecule has 7 nitrogen and oxygen atoms in total. The molecule has 0 bridgehead atoms. The van der Waals surface area contributed by atoms with Gasteiger partial charge in [0.2, 0.25) is 0 Å². The Bertz CT molecular complexity index is 1070. The van der Waals surface area contributed by atoms with Crippen molar-refractivity contribution in [3.8, 4) is 5.75 Å². The third-order valence-electron chi connectivity index (χ3n) is 7.69. The Labute approximate surface area is 248 Å². The maximum Gasteiger partial charge on any atom is 0.311 e. The zero-order chi connectivity index (χ0) is 29.5. The molecule has 1 amide bonds. The van der Waals surface area contributed by atoms with Crippen LogP contribution in [-0.4, -0.2) is 45.2 Å². The molecule has 0 aromatic heterocycles. The molecule has 2 aromatic rings. The van der Waals surface area contributed by atoms with Gasteiger partial charge in [0.15, 0.2) is 6.29 Å². The average Bonchev–Trinajstić information content (AvgIpc) is 3.32. The number of aliphatic hydroxyl groups excluding tert-OH is 1. The number of nitrogens with one attached hydrogen (secondary N) is 1. The first kappa shape index (κ1) is 32.8. The summed E-state index contributed by atoms with van der Waals surface area (Å²) in [6.07, 6.45) is 8.93. The van der Waals surface area contributed by atoms with Crippen LogP contribution in [0.2, 0.25) is 0 Å². The second kappa shape index (κ2) is 18.0. The predicted octanol–water partition coefficient (Wildman–Crippen LogP) is 6.77. The van der Waals surface area contributed by atoms with Gasteiger partial charge in [-0.1, -0.05) is 63.6 Å². The molecule has 1 unspecified atom stereocenters. The first-order valence-corrected chi connectivity index (χ1v) is 16.1. The molecule has 1 aliphatic rings. The summed E-state index contributed by atoms with van der Waals surface area (Å²) in [6, 6.07) is 15.7. The lowest BCUT2D eigenvalue weighted by atomic mass is 9.98. The van der Waals surface area contributed by atoms with Gasteiger partial charge in [0.1, 0.15) is 11.5 Å². The average molecular weight is 584 g/mol. The highest BCUT2D eigenvalue weighted by Crippen LogP contribution is 2.37. The third kappa shape index (κ3) is 11.6. The van der Waals surface area contributed by atoms with Crippen LogP contribution in [0, 0.1) is 11.8 Å². The summed E-state index contributed by atoms with van der Waals surface area (Å²) in [5, 5.41) is 22.6. The van der Waals surface area contributed by atoms with E-state index in [1.165, 1.54) is 0 Å². The smallest absolute Gasteiger partial charge is 0.311 e. The first-order valence-electron chi connectivity index (χ1n) is 15.0. The molecule has 1 fully saturated rings. The molecule has 0 heterocycles. The predicted molar refractivity (Wildman–Crippen MR) is 164 cm³/mol. The highest BCUT2D eigenvalue weighted by molar-refractivity contribution is 7.99. The van der Waals surface area contributed by atoms with Crippen LogP contribution in [0.25, 0.3) is 0 Å². The van der Waals surface area contributed by atoms with Gasteiger partial charge in [-0.25, -0.2) is 0 Å². The largest absolute Gasteiger partial charge is 0.427 e. The number of carbonyl (C=O) groups is 3. The van der Waals surface area contributed by atoms with Gasteiger partial charge in [-0.15, -0.1) is 0 Å². The van der Waals surface area contributed by atoms with Crippen LogP contribution >= 0.6 is 11.8 Å². The summed E-state index contributed by atoms with van der Waals surface area (Å²) in [7, 11) is 0. The number of hydrogen-bond donors (Lipinski definition) is 3. The molecule has 8 heteroatoms.